The summed E-state index contributed by atoms with van der Waals surface area (Å²) >= 11 is 0. The van der Waals surface area contributed by atoms with Crippen molar-refractivity contribution < 1.29 is 23.5 Å². The van der Waals surface area contributed by atoms with Gasteiger partial charge < -0.3 is 14.2 Å². The van der Waals surface area contributed by atoms with Crippen LogP contribution in [0.25, 0.3) is 0 Å². The third-order valence-corrected chi connectivity index (χ3v) is 2.54. The second kappa shape index (κ2) is 6.76. The van der Waals surface area contributed by atoms with Gasteiger partial charge in [-0.15, -0.1) is 0 Å². The molecular weight excluding hydrogens is 207 g/mol. The maximum Gasteiger partial charge on any atom is 0.331 e. The Kier molecular flexibility index (Phi) is 6.45. The summed E-state index contributed by atoms with van der Waals surface area (Å²) in [7, 11) is -3.56. The molecule has 1 unspecified atom stereocenters. The Morgan fingerprint density at radius 2 is 2.07 bits per heavy atom. The summed E-state index contributed by atoms with van der Waals surface area (Å²) < 4.78 is 20.2. The SMILES string of the molecule is CCOC(=O)C=CCP(=O)(O)OCC. The van der Waals surface area contributed by atoms with Crippen molar-refractivity contribution in [1.29, 1.82) is 0 Å². The quantitative estimate of drug-likeness (QED) is 0.417. The highest BCUT2D eigenvalue weighted by Gasteiger charge is 2.15. The fourth-order valence-corrected chi connectivity index (χ4v) is 1.61. The van der Waals surface area contributed by atoms with Crippen LogP contribution in [-0.2, 0) is 18.6 Å². The highest BCUT2D eigenvalue weighted by molar-refractivity contribution is 7.53. The van der Waals surface area contributed by atoms with Gasteiger partial charge in [-0.1, -0.05) is 6.08 Å². The predicted octanol–water partition coefficient (Wildman–Crippen LogP) is 1.33. The van der Waals surface area contributed by atoms with Gasteiger partial charge in [0.1, 0.15) is 0 Å². The first-order valence-corrected chi connectivity index (χ1v) is 6.07. The summed E-state index contributed by atoms with van der Waals surface area (Å²) in [6, 6.07) is 0. The Hall–Kier alpha value is -0.640. The molecular formula is C8H15O5P. The third kappa shape index (κ3) is 6.83. The molecule has 0 amide bonds. The number of allylic oxidation sites excluding steroid dienone is 1. The van der Waals surface area contributed by atoms with Crippen molar-refractivity contribution >= 4 is 13.6 Å². The fraction of sp³-hybridized carbons (Fsp3) is 0.625. The molecule has 82 valence electrons. The van der Waals surface area contributed by atoms with E-state index < -0.39 is 13.6 Å². The first kappa shape index (κ1) is 13.4. The van der Waals surface area contributed by atoms with Gasteiger partial charge in [0, 0.05) is 6.08 Å². The summed E-state index contributed by atoms with van der Waals surface area (Å²) in [6.45, 7) is 3.76. The van der Waals surface area contributed by atoms with E-state index in [2.05, 4.69) is 9.26 Å². The normalized spacial score (nSPS) is 15.4. The molecule has 0 saturated carbocycles. The van der Waals surface area contributed by atoms with Crippen LogP contribution in [0.3, 0.4) is 0 Å². The van der Waals surface area contributed by atoms with E-state index in [9.17, 15) is 9.36 Å². The standard InChI is InChI=1S/C8H15O5P/c1-3-12-8(9)6-5-7-14(10,11)13-4-2/h5-6H,3-4,7H2,1-2H3,(H,10,11). The van der Waals surface area contributed by atoms with Crippen molar-refractivity contribution in [2.24, 2.45) is 0 Å². The average Bonchev–Trinajstić information content (AvgIpc) is 2.03. The van der Waals surface area contributed by atoms with Crippen LogP contribution in [0, 0.1) is 0 Å². The van der Waals surface area contributed by atoms with Crippen LogP contribution in [0.2, 0.25) is 0 Å². The minimum absolute atomic E-state index is 0.168. The Balaban J connectivity index is 3.92. The van der Waals surface area contributed by atoms with Crippen LogP contribution in [0.5, 0.6) is 0 Å². The predicted molar refractivity (Wildman–Crippen MR) is 52.1 cm³/mol. The van der Waals surface area contributed by atoms with E-state index in [1.807, 2.05) is 0 Å². The summed E-state index contributed by atoms with van der Waals surface area (Å²) in [4.78, 5) is 19.9. The summed E-state index contributed by atoms with van der Waals surface area (Å²) in [5.74, 6) is -0.524. The number of carbonyl (C=O) groups is 1. The molecule has 0 aromatic heterocycles. The van der Waals surface area contributed by atoms with E-state index in [0.29, 0.717) is 0 Å². The van der Waals surface area contributed by atoms with E-state index in [-0.39, 0.29) is 19.4 Å². The molecule has 0 bridgehead atoms. The van der Waals surface area contributed by atoms with Crippen LogP contribution in [0.15, 0.2) is 12.2 Å². The molecule has 0 aliphatic heterocycles. The Bertz CT molecular complexity index is 248. The van der Waals surface area contributed by atoms with Gasteiger partial charge >= 0.3 is 13.6 Å². The monoisotopic (exact) mass is 222 g/mol. The van der Waals surface area contributed by atoms with Crippen molar-refractivity contribution in [3.05, 3.63) is 12.2 Å². The summed E-state index contributed by atoms with van der Waals surface area (Å²) in [5, 5.41) is 0. The molecule has 0 spiro atoms. The van der Waals surface area contributed by atoms with Crippen molar-refractivity contribution in [2.75, 3.05) is 19.4 Å². The Morgan fingerprint density at radius 3 is 2.57 bits per heavy atom. The van der Waals surface area contributed by atoms with E-state index in [0.717, 1.165) is 6.08 Å². The maximum atomic E-state index is 11.1. The first-order valence-electron chi connectivity index (χ1n) is 4.31. The van der Waals surface area contributed by atoms with Crippen LogP contribution in [0.4, 0.5) is 0 Å². The molecule has 1 atom stereocenters. The van der Waals surface area contributed by atoms with Gasteiger partial charge in [0.05, 0.1) is 19.4 Å². The van der Waals surface area contributed by atoms with Gasteiger partial charge in [-0.3, -0.25) is 4.57 Å². The van der Waals surface area contributed by atoms with E-state index in [4.69, 9.17) is 4.89 Å². The van der Waals surface area contributed by atoms with Crippen molar-refractivity contribution in [3.8, 4) is 0 Å². The third-order valence-electron chi connectivity index (χ3n) is 1.21. The highest BCUT2D eigenvalue weighted by atomic mass is 31.2. The van der Waals surface area contributed by atoms with Crippen LogP contribution in [0.1, 0.15) is 13.8 Å². The summed E-state index contributed by atoms with van der Waals surface area (Å²) in [5.41, 5.74) is 0. The topological polar surface area (TPSA) is 72.8 Å². The molecule has 1 N–H and O–H groups in total. The molecule has 0 aliphatic rings. The number of esters is 1. The summed E-state index contributed by atoms with van der Waals surface area (Å²) in [6.07, 6.45) is 2.21. The second-order valence-electron chi connectivity index (χ2n) is 2.39. The number of rotatable bonds is 6. The van der Waals surface area contributed by atoms with Crippen molar-refractivity contribution in [3.63, 3.8) is 0 Å². The lowest BCUT2D eigenvalue weighted by Crippen LogP contribution is -1.99. The van der Waals surface area contributed by atoms with E-state index in [1.54, 1.807) is 13.8 Å². The molecule has 0 heterocycles. The van der Waals surface area contributed by atoms with Crippen molar-refractivity contribution in [1.82, 2.24) is 0 Å². The minimum atomic E-state index is -3.56. The average molecular weight is 222 g/mol. The van der Waals surface area contributed by atoms with Gasteiger partial charge in [-0.25, -0.2) is 4.79 Å². The molecule has 0 aromatic carbocycles. The molecule has 6 heteroatoms. The van der Waals surface area contributed by atoms with Crippen LogP contribution < -0.4 is 0 Å². The largest absolute Gasteiger partial charge is 0.463 e. The van der Waals surface area contributed by atoms with E-state index >= 15 is 0 Å². The minimum Gasteiger partial charge on any atom is -0.463 e. The van der Waals surface area contributed by atoms with E-state index in [1.165, 1.54) is 6.08 Å². The number of carbonyl (C=O) groups excluding carboxylic acids is 1. The maximum absolute atomic E-state index is 11.1. The molecule has 0 aromatic rings. The lowest BCUT2D eigenvalue weighted by Gasteiger charge is -2.06. The van der Waals surface area contributed by atoms with Crippen LogP contribution in [-0.4, -0.2) is 30.2 Å². The number of hydrogen-bond donors (Lipinski definition) is 1. The van der Waals surface area contributed by atoms with Crippen molar-refractivity contribution in [2.45, 2.75) is 13.8 Å². The van der Waals surface area contributed by atoms with Crippen LogP contribution >= 0.6 is 7.60 Å². The van der Waals surface area contributed by atoms with Gasteiger partial charge in [0.15, 0.2) is 0 Å². The van der Waals surface area contributed by atoms with Gasteiger partial charge in [-0.2, -0.15) is 0 Å². The lowest BCUT2D eigenvalue weighted by molar-refractivity contribution is -0.137. The Labute approximate surface area is 83.3 Å². The zero-order valence-corrected chi connectivity index (χ0v) is 9.20. The molecule has 0 aliphatic carbocycles. The van der Waals surface area contributed by atoms with Gasteiger partial charge in [0.2, 0.25) is 0 Å². The number of ether oxygens (including phenoxy) is 1. The molecule has 5 nitrogen and oxygen atoms in total. The number of hydrogen-bond acceptors (Lipinski definition) is 4. The van der Waals surface area contributed by atoms with Gasteiger partial charge in [-0.05, 0) is 13.8 Å². The smallest absolute Gasteiger partial charge is 0.331 e. The molecule has 0 fully saturated rings. The second-order valence-corrected chi connectivity index (χ2v) is 4.29. The highest BCUT2D eigenvalue weighted by Crippen LogP contribution is 2.41. The lowest BCUT2D eigenvalue weighted by atomic mass is 10.5. The molecule has 0 radical (unpaired) electrons. The Morgan fingerprint density at radius 1 is 1.43 bits per heavy atom. The zero-order valence-electron chi connectivity index (χ0n) is 8.30. The first-order chi connectivity index (χ1) is 6.52. The fourth-order valence-electron chi connectivity index (χ4n) is 0.727. The molecule has 14 heavy (non-hydrogen) atoms. The zero-order chi connectivity index (χ0) is 11.0. The van der Waals surface area contributed by atoms with Gasteiger partial charge in [0.25, 0.3) is 0 Å². The molecule has 0 saturated heterocycles. The molecule has 0 rings (SSSR count).